The van der Waals surface area contributed by atoms with Crippen molar-refractivity contribution in [3.05, 3.63) is 18.2 Å². The highest BCUT2D eigenvalue weighted by molar-refractivity contribution is 5.67. The quantitative estimate of drug-likeness (QED) is 0.824. The van der Waals surface area contributed by atoms with Crippen LogP contribution < -0.4 is 11.5 Å². The largest absolute Gasteiger partial charge is 0.399 e. The second-order valence-electron chi connectivity index (χ2n) is 6.19. The fourth-order valence-electron chi connectivity index (χ4n) is 3.17. The molecule has 0 aliphatic heterocycles. The number of hydrogen-bond acceptors (Lipinski definition) is 5. The van der Waals surface area contributed by atoms with Crippen molar-refractivity contribution in [3.8, 4) is 11.4 Å². The monoisotopic (exact) mass is 270 g/mol. The molecule has 2 fully saturated rings. The van der Waals surface area contributed by atoms with Crippen LogP contribution in [0.1, 0.15) is 25.7 Å². The summed E-state index contributed by atoms with van der Waals surface area (Å²) in [5, 5.41) is 12.1. The predicted molar refractivity (Wildman–Crippen MR) is 76.5 cm³/mol. The molecule has 1 aromatic heterocycles. The van der Waals surface area contributed by atoms with Crippen LogP contribution >= 0.6 is 0 Å². The third-order valence-electron chi connectivity index (χ3n) is 4.57. The van der Waals surface area contributed by atoms with E-state index in [1.807, 2.05) is 16.8 Å². The van der Waals surface area contributed by atoms with E-state index in [9.17, 15) is 0 Å². The number of benzene rings is 1. The van der Waals surface area contributed by atoms with Crippen molar-refractivity contribution >= 4 is 11.4 Å². The topological polar surface area (TPSA) is 95.6 Å². The van der Waals surface area contributed by atoms with Crippen LogP contribution in [-0.4, -0.2) is 20.2 Å². The number of nitrogens with zero attached hydrogens (tertiary/aromatic N) is 4. The lowest BCUT2D eigenvalue weighted by Gasteiger charge is -2.14. The molecular weight excluding hydrogens is 252 g/mol. The molecule has 0 saturated heterocycles. The number of rotatable bonds is 4. The van der Waals surface area contributed by atoms with E-state index in [1.165, 1.54) is 25.7 Å². The zero-order valence-electron chi connectivity index (χ0n) is 11.3. The molecule has 0 unspecified atom stereocenters. The van der Waals surface area contributed by atoms with Crippen LogP contribution in [0.5, 0.6) is 0 Å². The van der Waals surface area contributed by atoms with Crippen LogP contribution in [0.4, 0.5) is 11.4 Å². The summed E-state index contributed by atoms with van der Waals surface area (Å²) in [5.74, 6) is 1.64. The number of nitrogen functional groups attached to an aromatic ring is 2. The minimum absolute atomic E-state index is 0.454. The summed E-state index contributed by atoms with van der Waals surface area (Å²) in [5.41, 5.74) is 14.3. The normalized spacial score (nSPS) is 20.0. The minimum atomic E-state index is 0.454. The average Bonchev–Trinajstić information content (AvgIpc) is 3.27. The highest BCUT2D eigenvalue weighted by atomic mass is 15.5. The number of aromatic nitrogens is 4. The van der Waals surface area contributed by atoms with Crippen molar-refractivity contribution < 1.29 is 0 Å². The van der Waals surface area contributed by atoms with Crippen molar-refractivity contribution in [1.82, 2.24) is 20.2 Å². The van der Waals surface area contributed by atoms with Crippen LogP contribution in [0.3, 0.4) is 0 Å². The van der Waals surface area contributed by atoms with E-state index >= 15 is 0 Å². The maximum atomic E-state index is 5.86. The number of anilines is 2. The molecule has 1 aromatic carbocycles. The molecule has 6 nitrogen and oxygen atoms in total. The molecule has 2 aliphatic carbocycles. The van der Waals surface area contributed by atoms with E-state index in [2.05, 4.69) is 15.5 Å². The Morgan fingerprint density at radius 2 is 1.85 bits per heavy atom. The third-order valence-corrected chi connectivity index (χ3v) is 4.57. The SMILES string of the molecule is Nc1cc(N)cc(-c2nnnn2CC2(C3CC3)CC2)c1. The molecule has 2 aliphatic rings. The lowest BCUT2D eigenvalue weighted by atomic mass is 10.0. The molecule has 0 bridgehead atoms. The molecule has 4 N–H and O–H groups in total. The van der Waals surface area contributed by atoms with Gasteiger partial charge in [-0.2, -0.15) is 0 Å². The molecule has 0 radical (unpaired) electrons. The number of tetrazole rings is 1. The van der Waals surface area contributed by atoms with E-state index in [0.717, 1.165) is 23.9 Å². The summed E-state index contributed by atoms with van der Waals surface area (Å²) in [4.78, 5) is 0. The Kier molecular flexibility index (Phi) is 2.31. The zero-order chi connectivity index (χ0) is 13.7. The van der Waals surface area contributed by atoms with Gasteiger partial charge in [0, 0.05) is 16.9 Å². The lowest BCUT2D eigenvalue weighted by molar-refractivity contribution is 0.348. The molecule has 0 amide bonds. The number of nitrogens with two attached hydrogens (primary N) is 2. The fourth-order valence-corrected chi connectivity index (χ4v) is 3.17. The van der Waals surface area contributed by atoms with Gasteiger partial charge in [0.15, 0.2) is 5.82 Å². The van der Waals surface area contributed by atoms with Crippen LogP contribution in [0.2, 0.25) is 0 Å². The first-order valence-corrected chi connectivity index (χ1v) is 7.09. The summed E-state index contributed by atoms with van der Waals surface area (Å²) in [6.07, 6.45) is 5.33. The fraction of sp³-hybridized carbons (Fsp3) is 0.500. The Bertz CT molecular complexity index is 633. The molecule has 104 valence electrons. The molecule has 4 rings (SSSR count). The van der Waals surface area contributed by atoms with E-state index < -0.39 is 0 Å². The minimum Gasteiger partial charge on any atom is -0.399 e. The first-order chi connectivity index (χ1) is 9.66. The second kappa shape index (κ2) is 3.94. The average molecular weight is 270 g/mol. The molecule has 0 atom stereocenters. The molecule has 0 spiro atoms. The van der Waals surface area contributed by atoms with Crippen molar-refractivity contribution in [2.24, 2.45) is 11.3 Å². The first kappa shape index (κ1) is 11.7. The second-order valence-corrected chi connectivity index (χ2v) is 6.19. The summed E-state index contributed by atoms with van der Waals surface area (Å²) in [6, 6.07) is 5.48. The van der Waals surface area contributed by atoms with Crippen LogP contribution in [-0.2, 0) is 6.54 Å². The van der Waals surface area contributed by atoms with Gasteiger partial charge in [-0.1, -0.05) is 0 Å². The Balaban J connectivity index is 1.67. The smallest absolute Gasteiger partial charge is 0.182 e. The van der Waals surface area contributed by atoms with Gasteiger partial charge < -0.3 is 11.5 Å². The van der Waals surface area contributed by atoms with Gasteiger partial charge in [0.25, 0.3) is 0 Å². The molecule has 1 heterocycles. The van der Waals surface area contributed by atoms with Crippen LogP contribution in [0.25, 0.3) is 11.4 Å². The Morgan fingerprint density at radius 3 is 2.45 bits per heavy atom. The molecular formula is C14H18N6. The van der Waals surface area contributed by atoms with Crippen LogP contribution in [0, 0.1) is 11.3 Å². The third kappa shape index (κ3) is 1.92. The van der Waals surface area contributed by atoms with Gasteiger partial charge in [0.05, 0.1) is 6.54 Å². The van der Waals surface area contributed by atoms with E-state index in [1.54, 1.807) is 6.07 Å². The maximum absolute atomic E-state index is 5.86. The highest BCUT2D eigenvalue weighted by Crippen LogP contribution is 2.62. The summed E-state index contributed by atoms with van der Waals surface area (Å²) in [6.45, 7) is 0.911. The highest BCUT2D eigenvalue weighted by Gasteiger charge is 2.54. The first-order valence-electron chi connectivity index (χ1n) is 7.09. The van der Waals surface area contributed by atoms with Gasteiger partial charge in [0.2, 0.25) is 0 Å². The van der Waals surface area contributed by atoms with Crippen molar-refractivity contribution in [1.29, 1.82) is 0 Å². The predicted octanol–water partition coefficient (Wildman–Crippen LogP) is 1.69. The van der Waals surface area contributed by atoms with Gasteiger partial charge in [-0.05, 0) is 65.6 Å². The molecule has 6 heteroatoms. The van der Waals surface area contributed by atoms with Gasteiger partial charge in [-0.25, -0.2) is 4.68 Å². The Labute approximate surface area is 117 Å². The zero-order valence-corrected chi connectivity index (χ0v) is 11.3. The van der Waals surface area contributed by atoms with E-state index in [-0.39, 0.29) is 0 Å². The molecule has 2 saturated carbocycles. The van der Waals surface area contributed by atoms with Crippen molar-refractivity contribution in [2.45, 2.75) is 32.2 Å². The number of hydrogen-bond donors (Lipinski definition) is 2. The van der Waals surface area contributed by atoms with Gasteiger partial charge in [-0.3, -0.25) is 0 Å². The molecule has 20 heavy (non-hydrogen) atoms. The van der Waals surface area contributed by atoms with Gasteiger partial charge in [-0.15, -0.1) is 5.10 Å². The summed E-state index contributed by atoms with van der Waals surface area (Å²) < 4.78 is 1.92. The summed E-state index contributed by atoms with van der Waals surface area (Å²) >= 11 is 0. The van der Waals surface area contributed by atoms with Gasteiger partial charge in [0.1, 0.15) is 0 Å². The Morgan fingerprint density at radius 1 is 1.15 bits per heavy atom. The summed E-state index contributed by atoms with van der Waals surface area (Å²) in [7, 11) is 0. The van der Waals surface area contributed by atoms with Crippen molar-refractivity contribution in [3.63, 3.8) is 0 Å². The van der Waals surface area contributed by atoms with E-state index in [4.69, 9.17) is 11.5 Å². The standard InChI is InChI=1S/C14H18N6/c15-11-5-9(6-12(16)7-11)13-17-18-19-20(13)8-14(3-4-14)10-1-2-10/h5-7,10H,1-4,8,15-16H2. The van der Waals surface area contributed by atoms with Gasteiger partial charge >= 0.3 is 0 Å². The molecule has 2 aromatic rings. The van der Waals surface area contributed by atoms with Crippen LogP contribution in [0.15, 0.2) is 18.2 Å². The Hall–Kier alpha value is -2.11. The lowest BCUT2D eigenvalue weighted by Crippen LogP contribution is -2.16. The maximum Gasteiger partial charge on any atom is 0.182 e. The van der Waals surface area contributed by atoms with Crippen molar-refractivity contribution in [2.75, 3.05) is 11.5 Å². The van der Waals surface area contributed by atoms with E-state index in [0.29, 0.717) is 16.8 Å².